The van der Waals surface area contributed by atoms with Gasteiger partial charge in [-0.05, 0) is 19.1 Å². The lowest BCUT2D eigenvalue weighted by Gasteiger charge is -1.99. The fourth-order valence-electron chi connectivity index (χ4n) is 0.789. The molecule has 1 N–H and O–H groups in total. The van der Waals surface area contributed by atoms with Gasteiger partial charge in [0.2, 0.25) is 0 Å². The van der Waals surface area contributed by atoms with Gasteiger partial charge in [-0.25, -0.2) is 4.79 Å². The molecule has 0 bridgehead atoms. The molecule has 3 nitrogen and oxygen atoms in total. The van der Waals surface area contributed by atoms with E-state index in [0.717, 1.165) is 7.11 Å². The topological polar surface area (TPSA) is 46.5 Å². The summed E-state index contributed by atoms with van der Waals surface area (Å²) in [5, 5.41) is 7.00. The van der Waals surface area contributed by atoms with E-state index in [1.807, 2.05) is 18.2 Å². The first kappa shape index (κ1) is 11.6. The first-order valence-electron chi connectivity index (χ1n) is 4.01. The zero-order valence-corrected chi connectivity index (χ0v) is 7.86. The molecule has 72 valence electrons. The highest BCUT2D eigenvalue weighted by Crippen LogP contribution is 1.99. The van der Waals surface area contributed by atoms with Gasteiger partial charge in [0.15, 0.2) is 0 Å². The summed E-state index contributed by atoms with van der Waals surface area (Å²) in [6, 6.07) is 8.96. The van der Waals surface area contributed by atoms with E-state index in [9.17, 15) is 4.79 Å². The summed E-state index contributed by atoms with van der Waals surface area (Å²) in [4.78, 5) is 11.0. The smallest absolute Gasteiger partial charge is 0.338 e. The first-order chi connectivity index (χ1) is 6.34. The molecule has 0 fully saturated rings. The third-order valence-electron chi connectivity index (χ3n) is 1.28. The van der Waals surface area contributed by atoms with Crippen LogP contribution < -0.4 is 0 Å². The summed E-state index contributed by atoms with van der Waals surface area (Å²) in [5.74, 6) is -0.256. The normalized spacial score (nSPS) is 8.23. The first-order valence-corrected chi connectivity index (χ1v) is 4.01. The Morgan fingerprint density at radius 3 is 2.31 bits per heavy atom. The van der Waals surface area contributed by atoms with Gasteiger partial charge in [0.1, 0.15) is 0 Å². The number of carbonyl (C=O) groups excluding carboxylic acids is 1. The highest BCUT2D eigenvalue weighted by atomic mass is 16.5. The molecule has 0 atom stereocenters. The van der Waals surface area contributed by atoms with Gasteiger partial charge in [-0.3, -0.25) is 0 Å². The molecule has 0 saturated carbocycles. The lowest BCUT2D eigenvalue weighted by atomic mass is 10.2. The Balaban J connectivity index is 0.000000671. The summed E-state index contributed by atoms with van der Waals surface area (Å²) in [6.45, 7) is 2.22. The van der Waals surface area contributed by atoms with Crippen LogP contribution in [0.25, 0.3) is 0 Å². The van der Waals surface area contributed by atoms with Crippen molar-refractivity contribution in [2.75, 3.05) is 13.7 Å². The van der Waals surface area contributed by atoms with Crippen LogP contribution in [0.15, 0.2) is 30.3 Å². The van der Waals surface area contributed by atoms with E-state index in [0.29, 0.717) is 12.2 Å². The van der Waals surface area contributed by atoms with Gasteiger partial charge in [0.25, 0.3) is 0 Å². The van der Waals surface area contributed by atoms with E-state index in [1.54, 1.807) is 19.1 Å². The number of carbonyl (C=O) groups is 1. The third-order valence-corrected chi connectivity index (χ3v) is 1.28. The number of ether oxygens (including phenoxy) is 1. The van der Waals surface area contributed by atoms with Crippen LogP contribution in [0.4, 0.5) is 0 Å². The number of hydrogen-bond acceptors (Lipinski definition) is 3. The highest BCUT2D eigenvalue weighted by Gasteiger charge is 2.02. The van der Waals surface area contributed by atoms with Crippen molar-refractivity contribution in [3.63, 3.8) is 0 Å². The Labute approximate surface area is 78.0 Å². The zero-order valence-electron chi connectivity index (χ0n) is 7.86. The Kier molecular flexibility index (Phi) is 6.55. The lowest BCUT2D eigenvalue weighted by Crippen LogP contribution is -2.03. The fourth-order valence-corrected chi connectivity index (χ4v) is 0.789. The van der Waals surface area contributed by atoms with E-state index >= 15 is 0 Å². The van der Waals surface area contributed by atoms with Crippen LogP contribution in [-0.4, -0.2) is 24.8 Å². The van der Waals surface area contributed by atoms with Gasteiger partial charge in [-0.15, -0.1) is 0 Å². The molecule has 0 aliphatic rings. The largest absolute Gasteiger partial charge is 0.462 e. The minimum Gasteiger partial charge on any atom is -0.462 e. The molecular weight excluding hydrogens is 168 g/mol. The van der Waals surface area contributed by atoms with Crippen LogP contribution in [0.5, 0.6) is 0 Å². The second-order valence-corrected chi connectivity index (χ2v) is 2.09. The van der Waals surface area contributed by atoms with Crippen molar-refractivity contribution in [2.24, 2.45) is 0 Å². The number of aliphatic hydroxyl groups excluding tert-OH is 1. The van der Waals surface area contributed by atoms with Gasteiger partial charge < -0.3 is 9.84 Å². The van der Waals surface area contributed by atoms with Crippen LogP contribution in [-0.2, 0) is 4.74 Å². The molecule has 1 aromatic carbocycles. The van der Waals surface area contributed by atoms with Crippen molar-refractivity contribution >= 4 is 5.97 Å². The molecule has 0 amide bonds. The van der Waals surface area contributed by atoms with E-state index in [1.165, 1.54) is 0 Å². The molecule has 0 heterocycles. The second-order valence-electron chi connectivity index (χ2n) is 2.09. The fraction of sp³-hybridized carbons (Fsp3) is 0.300. The molecular formula is C10H14O3. The maximum atomic E-state index is 11.0. The number of hydrogen-bond donors (Lipinski definition) is 1. The van der Waals surface area contributed by atoms with Crippen LogP contribution in [0.2, 0.25) is 0 Å². The van der Waals surface area contributed by atoms with Crippen molar-refractivity contribution in [3.8, 4) is 0 Å². The zero-order chi connectivity index (χ0) is 10.1. The van der Waals surface area contributed by atoms with E-state index in [-0.39, 0.29) is 5.97 Å². The summed E-state index contributed by atoms with van der Waals surface area (Å²) in [6.07, 6.45) is 0. The second kappa shape index (κ2) is 7.31. The molecule has 13 heavy (non-hydrogen) atoms. The van der Waals surface area contributed by atoms with Crippen LogP contribution in [0, 0.1) is 0 Å². The quantitative estimate of drug-likeness (QED) is 0.704. The minimum absolute atomic E-state index is 0.256. The number of rotatable bonds is 2. The Hall–Kier alpha value is -1.35. The monoisotopic (exact) mass is 182 g/mol. The molecule has 0 aromatic heterocycles. The number of esters is 1. The van der Waals surface area contributed by atoms with Crippen molar-refractivity contribution in [2.45, 2.75) is 6.92 Å². The van der Waals surface area contributed by atoms with Crippen molar-refractivity contribution in [3.05, 3.63) is 35.9 Å². The maximum absolute atomic E-state index is 11.0. The molecule has 0 saturated heterocycles. The van der Waals surface area contributed by atoms with Gasteiger partial charge in [0, 0.05) is 7.11 Å². The molecule has 1 aromatic rings. The van der Waals surface area contributed by atoms with Crippen LogP contribution in [0.1, 0.15) is 17.3 Å². The predicted molar refractivity (Wildman–Crippen MR) is 50.5 cm³/mol. The van der Waals surface area contributed by atoms with Crippen molar-refractivity contribution in [1.29, 1.82) is 0 Å². The molecule has 0 aliphatic carbocycles. The summed E-state index contributed by atoms with van der Waals surface area (Å²) in [7, 11) is 1.00. The van der Waals surface area contributed by atoms with Gasteiger partial charge >= 0.3 is 5.97 Å². The van der Waals surface area contributed by atoms with E-state index in [2.05, 4.69) is 0 Å². The summed E-state index contributed by atoms with van der Waals surface area (Å²) >= 11 is 0. The molecule has 3 heteroatoms. The molecule has 0 unspecified atom stereocenters. The predicted octanol–water partition coefficient (Wildman–Crippen LogP) is 1.47. The average Bonchev–Trinajstić information content (AvgIpc) is 2.23. The summed E-state index contributed by atoms with van der Waals surface area (Å²) in [5.41, 5.74) is 0.606. The Morgan fingerprint density at radius 2 is 1.85 bits per heavy atom. The van der Waals surface area contributed by atoms with Gasteiger partial charge in [-0.2, -0.15) is 0 Å². The molecule has 0 aliphatic heterocycles. The molecule has 0 spiro atoms. The van der Waals surface area contributed by atoms with E-state index in [4.69, 9.17) is 9.84 Å². The Bertz CT molecular complexity index is 231. The third kappa shape index (κ3) is 4.28. The molecule has 0 radical (unpaired) electrons. The minimum atomic E-state index is -0.256. The van der Waals surface area contributed by atoms with Crippen LogP contribution >= 0.6 is 0 Å². The lowest BCUT2D eigenvalue weighted by molar-refractivity contribution is 0.0526. The highest BCUT2D eigenvalue weighted by molar-refractivity contribution is 5.89. The van der Waals surface area contributed by atoms with Gasteiger partial charge in [-0.1, -0.05) is 18.2 Å². The maximum Gasteiger partial charge on any atom is 0.338 e. The number of benzene rings is 1. The van der Waals surface area contributed by atoms with Crippen molar-refractivity contribution < 1.29 is 14.6 Å². The SMILES string of the molecule is CCOC(=O)c1ccccc1.CO. The van der Waals surface area contributed by atoms with Crippen molar-refractivity contribution in [1.82, 2.24) is 0 Å². The van der Waals surface area contributed by atoms with E-state index < -0.39 is 0 Å². The van der Waals surface area contributed by atoms with Crippen LogP contribution in [0.3, 0.4) is 0 Å². The number of aliphatic hydroxyl groups is 1. The summed E-state index contributed by atoms with van der Waals surface area (Å²) < 4.78 is 4.79. The van der Waals surface area contributed by atoms with Gasteiger partial charge in [0.05, 0.1) is 12.2 Å². The standard InChI is InChI=1S/C9H10O2.CH4O/c1-2-11-9(10)8-6-4-3-5-7-8;1-2/h3-7H,2H2,1H3;2H,1H3. The Morgan fingerprint density at radius 1 is 1.31 bits per heavy atom. The average molecular weight is 182 g/mol. The molecule has 1 rings (SSSR count).